The van der Waals surface area contributed by atoms with Crippen molar-refractivity contribution in [3.63, 3.8) is 0 Å². The van der Waals surface area contributed by atoms with Gasteiger partial charge in [0.25, 0.3) is 0 Å². The van der Waals surface area contributed by atoms with E-state index in [0.717, 1.165) is 11.1 Å². The molecule has 0 radical (unpaired) electrons. The molecular weight excluding hydrogens is 343 g/mol. The maximum atomic E-state index is 12.0. The minimum atomic E-state index is -3.39. The molecular formula is C15H12Cl2N2O2S. The summed E-state index contributed by atoms with van der Waals surface area (Å²) in [6.07, 6.45) is 1.17. The minimum absolute atomic E-state index is 0.189. The van der Waals surface area contributed by atoms with Crippen molar-refractivity contribution in [1.82, 2.24) is 9.78 Å². The minimum Gasteiger partial charge on any atom is -0.256 e. The molecule has 0 bridgehead atoms. The van der Waals surface area contributed by atoms with Crippen LogP contribution in [0.2, 0.25) is 10.0 Å². The number of sulfone groups is 1. The zero-order valence-corrected chi connectivity index (χ0v) is 14.2. The van der Waals surface area contributed by atoms with E-state index in [2.05, 4.69) is 5.10 Å². The van der Waals surface area contributed by atoms with Crippen LogP contribution in [0.15, 0.2) is 41.4 Å². The highest BCUT2D eigenvalue weighted by Gasteiger charge is 2.21. The number of hydrogen-bond acceptors (Lipinski definition) is 3. The van der Waals surface area contributed by atoms with Crippen molar-refractivity contribution >= 4 is 43.9 Å². The molecule has 0 aliphatic rings. The Morgan fingerprint density at radius 1 is 1.09 bits per heavy atom. The van der Waals surface area contributed by atoms with Gasteiger partial charge in [-0.25, -0.2) is 8.42 Å². The Morgan fingerprint density at radius 2 is 1.82 bits per heavy atom. The van der Waals surface area contributed by atoms with Crippen LogP contribution in [0.1, 0.15) is 0 Å². The summed E-state index contributed by atoms with van der Waals surface area (Å²) < 4.78 is 25.3. The molecule has 0 aliphatic carbocycles. The van der Waals surface area contributed by atoms with Crippen molar-refractivity contribution in [3.05, 3.63) is 46.4 Å². The monoisotopic (exact) mass is 354 g/mol. The molecule has 4 nitrogen and oxygen atoms in total. The fourth-order valence-corrected chi connectivity index (χ4v) is 4.15. The summed E-state index contributed by atoms with van der Waals surface area (Å²) in [7, 11) is -1.77. The van der Waals surface area contributed by atoms with Gasteiger partial charge < -0.3 is 0 Å². The zero-order valence-electron chi connectivity index (χ0n) is 11.8. The maximum Gasteiger partial charge on any atom is 0.193 e. The van der Waals surface area contributed by atoms with Gasteiger partial charge in [0.1, 0.15) is 5.52 Å². The van der Waals surface area contributed by atoms with E-state index in [9.17, 15) is 8.42 Å². The third-order valence-electron chi connectivity index (χ3n) is 3.38. The van der Waals surface area contributed by atoms with Gasteiger partial charge in [-0.05, 0) is 18.2 Å². The largest absolute Gasteiger partial charge is 0.256 e. The zero-order chi connectivity index (χ0) is 16.1. The molecule has 0 unspecified atom stereocenters. The van der Waals surface area contributed by atoms with Crippen LogP contribution < -0.4 is 0 Å². The molecule has 0 N–H and O–H groups in total. The van der Waals surface area contributed by atoms with Crippen LogP contribution in [0.25, 0.3) is 22.0 Å². The summed E-state index contributed by atoms with van der Waals surface area (Å²) in [6.45, 7) is 0. The van der Waals surface area contributed by atoms with E-state index in [4.69, 9.17) is 23.2 Å². The smallest absolute Gasteiger partial charge is 0.193 e. The molecule has 114 valence electrons. The second-order valence-corrected chi connectivity index (χ2v) is 7.80. The fraction of sp³-hybridized carbons (Fsp3) is 0.133. The molecule has 0 atom stereocenters. The second-order valence-electron chi connectivity index (χ2n) is 5.03. The summed E-state index contributed by atoms with van der Waals surface area (Å²) in [5, 5.41) is 6.16. The maximum absolute atomic E-state index is 12.0. The predicted molar refractivity (Wildman–Crippen MR) is 89.3 cm³/mol. The average Bonchev–Trinajstić information content (AvgIpc) is 2.74. The number of benzene rings is 2. The Balaban J connectivity index is 2.38. The van der Waals surface area contributed by atoms with E-state index < -0.39 is 9.84 Å². The molecule has 0 aliphatic heterocycles. The van der Waals surface area contributed by atoms with Crippen molar-refractivity contribution in [2.45, 2.75) is 5.03 Å². The molecule has 3 aromatic rings. The standard InChI is InChI=1S/C15H12Cl2N2O2S/c1-19-15(22(2,20)21)12-5-3-4-11(14(12)18-19)10-7-6-9(16)8-13(10)17/h3-8H,1-2H3. The topological polar surface area (TPSA) is 52.0 Å². The second kappa shape index (κ2) is 5.26. The van der Waals surface area contributed by atoms with Crippen LogP contribution in [-0.2, 0) is 16.9 Å². The lowest BCUT2D eigenvalue weighted by Crippen LogP contribution is -2.05. The normalized spacial score (nSPS) is 12.0. The van der Waals surface area contributed by atoms with Gasteiger partial charge in [0, 0.05) is 39.9 Å². The Morgan fingerprint density at radius 3 is 2.45 bits per heavy atom. The third kappa shape index (κ3) is 2.49. The molecule has 22 heavy (non-hydrogen) atoms. The SMILES string of the molecule is Cn1nc2c(-c3ccc(Cl)cc3Cl)cccc2c1S(C)(=O)=O. The van der Waals surface area contributed by atoms with Gasteiger partial charge in [0.15, 0.2) is 14.9 Å². The van der Waals surface area contributed by atoms with Gasteiger partial charge in [0.2, 0.25) is 0 Å². The number of fused-ring (bicyclic) bond motifs is 1. The summed E-state index contributed by atoms with van der Waals surface area (Å²) in [6, 6.07) is 10.6. The van der Waals surface area contributed by atoms with Crippen LogP contribution in [0.3, 0.4) is 0 Å². The Bertz CT molecular complexity index is 994. The molecule has 0 saturated heterocycles. The van der Waals surface area contributed by atoms with Gasteiger partial charge in [-0.15, -0.1) is 0 Å². The first-order valence-electron chi connectivity index (χ1n) is 6.40. The van der Waals surface area contributed by atoms with Crippen molar-refractivity contribution in [3.8, 4) is 11.1 Å². The first kappa shape index (κ1) is 15.3. The Kier molecular flexibility index (Phi) is 3.67. The fourth-order valence-electron chi connectivity index (χ4n) is 2.56. The van der Waals surface area contributed by atoms with Crippen LogP contribution in [0, 0.1) is 0 Å². The van der Waals surface area contributed by atoms with E-state index in [0.29, 0.717) is 20.9 Å². The van der Waals surface area contributed by atoms with Gasteiger partial charge in [-0.1, -0.05) is 41.4 Å². The molecule has 0 spiro atoms. The molecule has 1 heterocycles. The summed E-state index contributed by atoms with van der Waals surface area (Å²) in [4.78, 5) is 0. The molecule has 3 rings (SSSR count). The lowest BCUT2D eigenvalue weighted by molar-refractivity contribution is 0.585. The van der Waals surface area contributed by atoms with Gasteiger partial charge in [-0.2, -0.15) is 5.10 Å². The molecule has 0 saturated carbocycles. The number of nitrogens with zero attached hydrogens (tertiary/aromatic N) is 2. The van der Waals surface area contributed by atoms with Crippen molar-refractivity contribution in [2.24, 2.45) is 7.05 Å². The van der Waals surface area contributed by atoms with Gasteiger partial charge in [-0.3, -0.25) is 4.68 Å². The van der Waals surface area contributed by atoms with E-state index in [-0.39, 0.29) is 5.03 Å². The third-order valence-corrected chi connectivity index (χ3v) is 5.12. The number of aromatic nitrogens is 2. The van der Waals surface area contributed by atoms with E-state index >= 15 is 0 Å². The predicted octanol–water partition coefficient (Wildman–Crippen LogP) is 3.95. The molecule has 7 heteroatoms. The van der Waals surface area contributed by atoms with Crippen LogP contribution in [-0.4, -0.2) is 24.5 Å². The Hall–Kier alpha value is -1.56. The van der Waals surface area contributed by atoms with Crippen molar-refractivity contribution in [2.75, 3.05) is 6.26 Å². The molecule has 1 aromatic heterocycles. The lowest BCUT2D eigenvalue weighted by Gasteiger charge is -2.06. The lowest BCUT2D eigenvalue weighted by atomic mass is 10.0. The highest BCUT2D eigenvalue weighted by molar-refractivity contribution is 7.90. The van der Waals surface area contributed by atoms with Crippen molar-refractivity contribution < 1.29 is 8.42 Å². The van der Waals surface area contributed by atoms with E-state index in [1.165, 1.54) is 10.9 Å². The average molecular weight is 355 g/mol. The van der Waals surface area contributed by atoms with Gasteiger partial charge >= 0.3 is 0 Å². The number of hydrogen-bond donors (Lipinski definition) is 0. The highest BCUT2D eigenvalue weighted by Crippen LogP contribution is 2.36. The van der Waals surface area contributed by atoms with Crippen molar-refractivity contribution in [1.29, 1.82) is 0 Å². The number of halogens is 2. The Labute approximate surface area is 138 Å². The number of aryl methyl sites for hydroxylation is 1. The van der Waals surface area contributed by atoms with Crippen LogP contribution >= 0.6 is 23.2 Å². The van der Waals surface area contributed by atoms with Crippen LogP contribution in [0.4, 0.5) is 0 Å². The quantitative estimate of drug-likeness (QED) is 0.699. The highest BCUT2D eigenvalue weighted by atomic mass is 35.5. The summed E-state index contributed by atoms with van der Waals surface area (Å²) >= 11 is 12.2. The van der Waals surface area contributed by atoms with Crippen LogP contribution in [0.5, 0.6) is 0 Å². The number of rotatable bonds is 2. The summed E-state index contributed by atoms with van der Waals surface area (Å²) in [5.41, 5.74) is 2.12. The molecule has 2 aromatic carbocycles. The first-order chi connectivity index (χ1) is 10.3. The van der Waals surface area contributed by atoms with E-state index in [1.807, 2.05) is 6.07 Å². The van der Waals surface area contributed by atoms with E-state index in [1.54, 1.807) is 37.4 Å². The molecule has 0 fully saturated rings. The summed E-state index contributed by atoms with van der Waals surface area (Å²) in [5.74, 6) is 0. The van der Waals surface area contributed by atoms with Gasteiger partial charge in [0.05, 0.1) is 0 Å². The molecule has 0 amide bonds. The first-order valence-corrected chi connectivity index (χ1v) is 9.05.